The maximum atomic E-state index is 5.70. The Labute approximate surface area is 146 Å². The molecule has 25 heavy (non-hydrogen) atoms. The summed E-state index contributed by atoms with van der Waals surface area (Å²) in [5, 5.41) is 4.27. The Balaban J connectivity index is 1.47. The number of likely N-dealkylation sites (tertiary alicyclic amines) is 1. The van der Waals surface area contributed by atoms with Gasteiger partial charge in [0, 0.05) is 12.2 Å². The Morgan fingerprint density at radius 2 is 2.00 bits per heavy atom. The lowest BCUT2D eigenvalue weighted by Gasteiger charge is -2.28. The standard InChI is InChI=1S/C19H23N5O/c1-13-8-9-17-20-11-16(24(17)12-13)18-21-19(25-22-18)15-7-4-10-23(15)14-5-2-3-6-14/h8-9,11-12,14-15H,2-7,10H2,1H3. The highest BCUT2D eigenvalue weighted by atomic mass is 16.5. The SMILES string of the molecule is Cc1ccc2ncc(-c3noc(C4CCCN4C4CCCC4)n3)n2c1. The number of imidazole rings is 1. The van der Waals surface area contributed by atoms with Crippen molar-refractivity contribution in [2.24, 2.45) is 0 Å². The molecule has 0 N–H and O–H groups in total. The van der Waals surface area contributed by atoms with E-state index in [1.165, 1.54) is 37.7 Å². The summed E-state index contributed by atoms with van der Waals surface area (Å²) < 4.78 is 7.73. The lowest BCUT2D eigenvalue weighted by Crippen LogP contribution is -2.32. The topological polar surface area (TPSA) is 59.5 Å². The van der Waals surface area contributed by atoms with Crippen LogP contribution in [0.4, 0.5) is 0 Å². The molecular formula is C19H23N5O. The lowest BCUT2D eigenvalue weighted by atomic mass is 10.1. The highest BCUT2D eigenvalue weighted by Crippen LogP contribution is 2.38. The van der Waals surface area contributed by atoms with Crippen molar-refractivity contribution in [3.05, 3.63) is 36.0 Å². The molecule has 0 radical (unpaired) electrons. The van der Waals surface area contributed by atoms with Crippen LogP contribution in [0.1, 0.15) is 56.0 Å². The summed E-state index contributed by atoms with van der Waals surface area (Å²) in [5.41, 5.74) is 2.97. The molecule has 1 saturated heterocycles. The van der Waals surface area contributed by atoms with E-state index >= 15 is 0 Å². The van der Waals surface area contributed by atoms with Crippen molar-refractivity contribution in [2.45, 2.75) is 57.5 Å². The van der Waals surface area contributed by atoms with E-state index in [9.17, 15) is 0 Å². The Bertz CT molecular complexity index is 892. The lowest BCUT2D eigenvalue weighted by molar-refractivity contribution is 0.153. The molecule has 2 aliphatic rings. The van der Waals surface area contributed by atoms with Gasteiger partial charge in [-0.3, -0.25) is 9.30 Å². The minimum Gasteiger partial charge on any atom is -0.337 e. The maximum absolute atomic E-state index is 5.70. The fourth-order valence-corrected chi connectivity index (χ4v) is 4.45. The van der Waals surface area contributed by atoms with Crippen molar-refractivity contribution in [2.75, 3.05) is 6.54 Å². The summed E-state index contributed by atoms with van der Waals surface area (Å²) in [4.78, 5) is 11.8. The van der Waals surface area contributed by atoms with Crippen LogP contribution in [0.25, 0.3) is 17.2 Å². The van der Waals surface area contributed by atoms with Gasteiger partial charge in [-0.1, -0.05) is 24.1 Å². The van der Waals surface area contributed by atoms with Gasteiger partial charge in [0.1, 0.15) is 11.3 Å². The van der Waals surface area contributed by atoms with Gasteiger partial charge in [-0.15, -0.1) is 0 Å². The van der Waals surface area contributed by atoms with Gasteiger partial charge < -0.3 is 4.52 Å². The molecule has 1 aliphatic carbocycles. The second-order valence-electron chi connectivity index (χ2n) is 7.37. The molecule has 5 rings (SSSR count). The number of pyridine rings is 1. The summed E-state index contributed by atoms with van der Waals surface area (Å²) in [5.74, 6) is 1.40. The molecule has 1 atom stereocenters. The molecule has 3 aromatic heterocycles. The average molecular weight is 337 g/mol. The molecule has 2 fully saturated rings. The van der Waals surface area contributed by atoms with Crippen molar-refractivity contribution in [3.8, 4) is 11.5 Å². The van der Waals surface area contributed by atoms with E-state index in [0.717, 1.165) is 30.2 Å². The molecule has 6 nitrogen and oxygen atoms in total. The average Bonchev–Trinajstić information content (AvgIpc) is 3.37. The molecule has 4 heterocycles. The third-order valence-corrected chi connectivity index (χ3v) is 5.70. The maximum Gasteiger partial charge on any atom is 0.244 e. The third-order valence-electron chi connectivity index (χ3n) is 5.70. The first-order valence-corrected chi connectivity index (χ1v) is 9.33. The van der Waals surface area contributed by atoms with Crippen molar-refractivity contribution < 1.29 is 4.52 Å². The third kappa shape index (κ3) is 2.56. The van der Waals surface area contributed by atoms with Crippen molar-refractivity contribution in [3.63, 3.8) is 0 Å². The number of nitrogens with zero attached hydrogens (tertiary/aromatic N) is 5. The van der Waals surface area contributed by atoms with Crippen LogP contribution in [-0.2, 0) is 0 Å². The predicted octanol–water partition coefficient (Wildman–Crippen LogP) is 3.77. The summed E-state index contributed by atoms with van der Waals surface area (Å²) >= 11 is 0. The van der Waals surface area contributed by atoms with Crippen molar-refractivity contribution in [1.29, 1.82) is 0 Å². The first-order chi connectivity index (χ1) is 12.3. The van der Waals surface area contributed by atoms with Crippen LogP contribution in [0.2, 0.25) is 0 Å². The van der Waals surface area contributed by atoms with E-state index in [4.69, 9.17) is 9.51 Å². The van der Waals surface area contributed by atoms with E-state index in [-0.39, 0.29) is 6.04 Å². The van der Waals surface area contributed by atoms with Crippen molar-refractivity contribution >= 4 is 5.65 Å². The monoisotopic (exact) mass is 337 g/mol. The Kier molecular flexibility index (Phi) is 3.59. The molecule has 1 unspecified atom stereocenters. The van der Waals surface area contributed by atoms with E-state index in [0.29, 0.717) is 11.9 Å². The first kappa shape index (κ1) is 15.1. The zero-order chi connectivity index (χ0) is 16.8. The molecular weight excluding hydrogens is 314 g/mol. The molecule has 3 aromatic rings. The van der Waals surface area contributed by atoms with Crippen LogP contribution in [0, 0.1) is 6.92 Å². The fourth-order valence-electron chi connectivity index (χ4n) is 4.45. The Morgan fingerprint density at radius 1 is 1.12 bits per heavy atom. The number of fused-ring (bicyclic) bond motifs is 1. The number of hydrogen-bond donors (Lipinski definition) is 0. The van der Waals surface area contributed by atoms with Gasteiger partial charge in [0.05, 0.1) is 12.2 Å². The van der Waals surface area contributed by atoms with Gasteiger partial charge >= 0.3 is 0 Å². The fraction of sp³-hybridized carbons (Fsp3) is 0.526. The number of aromatic nitrogens is 4. The van der Waals surface area contributed by atoms with Crippen LogP contribution in [0.3, 0.4) is 0 Å². The van der Waals surface area contributed by atoms with Crippen LogP contribution < -0.4 is 0 Å². The number of hydrogen-bond acceptors (Lipinski definition) is 5. The van der Waals surface area contributed by atoms with Gasteiger partial charge in [0.15, 0.2) is 0 Å². The first-order valence-electron chi connectivity index (χ1n) is 9.33. The van der Waals surface area contributed by atoms with Crippen LogP contribution in [-0.4, -0.2) is 37.0 Å². The van der Waals surface area contributed by atoms with Crippen molar-refractivity contribution in [1.82, 2.24) is 24.4 Å². The smallest absolute Gasteiger partial charge is 0.244 e. The largest absolute Gasteiger partial charge is 0.337 e. The molecule has 6 heteroatoms. The van der Waals surface area contributed by atoms with E-state index in [1.807, 2.05) is 16.7 Å². The van der Waals surface area contributed by atoms with E-state index in [2.05, 4.69) is 34.2 Å². The van der Waals surface area contributed by atoms with Crippen LogP contribution in [0.5, 0.6) is 0 Å². The second kappa shape index (κ2) is 5.95. The quantitative estimate of drug-likeness (QED) is 0.728. The van der Waals surface area contributed by atoms with Crippen LogP contribution >= 0.6 is 0 Å². The van der Waals surface area contributed by atoms with Gasteiger partial charge in [-0.25, -0.2) is 4.98 Å². The Morgan fingerprint density at radius 3 is 2.88 bits per heavy atom. The summed E-state index contributed by atoms with van der Waals surface area (Å²) in [6.07, 6.45) is 11.5. The molecule has 0 bridgehead atoms. The second-order valence-corrected chi connectivity index (χ2v) is 7.37. The van der Waals surface area contributed by atoms with Gasteiger partial charge in [0.2, 0.25) is 11.7 Å². The van der Waals surface area contributed by atoms with E-state index in [1.54, 1.807) is 0 Å². The Hall–Kier alpha value is -2.21. The highest BCUT2D eigenvalue weighted by Gasteiger charge is 2.36. The summed E-state index contributed by atoms with van der Waals surface area (Å²) in [7, 11) is 0. The molecule has 130 valence electrons. The zero-order valence-corrected chi connectivity index (χ0v) is 14.6. The predicted molar refractivity (Wildman–Crippen MR) is 94.2 cm³/mol. The van der Waals surface area contributed by atoms with E-state index < -0.39 is 0 Å². The number of rotatable bonds is 3. The molecule has 0 spiro atoms. The summed E-state index contributed by atoms with van der Waals surface area (Å²) in [6, 6.07) is 5.05. The normalized spacial score (nSPS) is 22.4. The van der Waals surface area contributed by atoms with Gasteiger partial charge in [-0.05, 0) is 50.8 Å². The molecule has 1 saturated carbocycles. The molecule has 1 aliphatic heterocycles. The van der Waals surface area contributed by atoms with Crippen LogP contribution in [0.15, 0.2) is 29.0 Å². The minimum absolute atomic E-state index is 0.283. The van der Waals surface area contributed by atoms with Gasteiger partial charge in [0.25, 0.3) is 0 Å². The molecule has 0 amide bonds. The number of aryl methyl sites for hydroxylation is 1. The van der Waals surface area contributed by atoms with Gasteiger partial charge in [-0.2, -0.15) is 4.98 Å². The zero-order valence-electron chi connectivity index (χ0n) is 14.6. The minimum atomic E-state index is 0.283. The molecule has 0 aromatic carbocycles. The summed E-state index contributed by atoms with van der Waals surface area (Å²) in [6.45, 7) is 3.23. The highest BCUT2D eigenvalue weighted by molar-refractivity contribution is 5.56.